The molecular formula is C20H18BrN3O5. The lowest BCUT2D eigenvalue weighted by Crippen LogP contribution is -2.35. The molecule has 2 aromatic carbocycles. The molecular weight excluding hydrogens is 442 g/mol. The van der Waals surface area contributed by atoms with Crippen LogP contribution in [0.3, 0.4) is 0 Å². The van der Waals surface area contributed by atoms with E-state index >= 15 is 0 Å². The first kappa shape index (κ1) is 20.5. The average Bonchev–Trinajstić information content (AvgIpc) is 2.90. The average molecular weight is 460 g/mol. The van der Waals surface area contributed by atoms with E-state index in [1.807, 2.05) is 0 Å². The van der Waals surface area contributed by atoms with Gasteiger partial charge in [-0.05, 0) is 42.3 Å². The number of carboxylic acids is 1. The number of benzene rings is 2. The second-order valence-corrected chi connectivity index (χ2v) is 7.37. The van der Waals surface area contributed by atoms with Crippen LogP contribution in [0.25, 0.3) is 0 Å². The number of carboxylic acid groups (broad SMARTS) is 1. The summed E-state index contributed by atoms with van der Waals surface area (Å²) in [7, 11) is 0. The molecule has 3 rings (SSSR count). The SMILES string of the molecule is O=C(O)Cc1ccc(NC(=O)NCCCN2C(=O)c3ccc(Br)cc3C2=O)cc1. The van der Waals surface area contributed by atoms with Gasteiger partial charge in [-0.3, -0.25) is 19.3 Å². The van der Waals surface area contributed by atoms with Crippen molar-refractivity contribution in [1.82, 2.24) is 10.2 Å². The maximum atomic E-state index is 12.4. The summed E-state index contributed by atoms with van der Waals surface area (Å²) in [6.45, 7) is 0.480. The summed E-state index contributed by atoms with van der Waals surface area (Å²) in [5, 5.41) is 14.0. The predicted molar refractivity (Wildman–Crippen MR) is 109 cm³/mol. The number of urea groups is 1. The Morgan fingerprint density at radius 1 is 1.00 bits per heavy atom. The minimum atomic E-state index is -0.922. The highest BCUT2D eigenvalue weighted by Crippen LogP contribution is 2.26. The number of aliphatic carboxylic acids is 1. The van der Waals surface area contributed by atoms with E-state index in [0.29, 0.717) is 28.8 Å². The second kappa shape index (κ2) is 8.87. The molecule has 9 heteroatoms. The first-order chi connectivity index (χ1) is 13.8. The van der Waals surface area contributed by atoms with Crippen molar-refractivity contribution in [1.29, 1.82) is 0 Å². The Hall–Kier alpha value is -3.20. The first-order valence-electron chi connectivity index (χ1n) is 8.86. The fourth-order valence-corrected chi connectivity index (χ4v) is 3.32. The third-order valence-corrected chi connectivity index (χ3v) is 4.84. The zero-order valence-corrected chi connectivity index (χ0v) is 16.9. The summed E-state index contributed by atoms with van der Waals surface area (Å²) < 4.78 is 0.730. The van der Waals surface area contributed by atoms with Gasteiger partial charge in [0.05, 0.1) is 17.5 Å². The number of hydrogen-bond acceptors (Lipinski definition) is 4. The number of nitrogens with one attached hydrogen (secondary N) is 2. The van der Waals surface area contributed by atoms with Crippen LogP contribution < -0.4 is 10.6 Å². The second-order valence-electron chi connectivity index (χ2n) is 6.45. The minimum absolute atomic E-state index is 0.0821. The van der Waals surface area contributed by atoms with Gasteiger partial charge in [0, 0.05) is 23.2 Å². The van der Waals surface area contributed by atoms with Gasteiger partial charge < -0.3 is 15.7 Å². The van der Waals surface area contributed by atoms with Crippen molar-refractivity contribution in [3.63, 3.8) is 0 Å². The zero-order valence-electron chi connectivity index (χ0n) is 15.3. The van der Waals surface area contributed by atoms with Crippen molar-refractivity contribution in [3.8, 4) is 0 Å². The molecule has 150 valence electrons. The summed E-state index contributed by atoms with van der Waals surface area (Å²) in [6, 6.07) is 11.0. The number of anilines is 1. The number of halogens is 1. The van der Waals surface area contributed by atoms with E-state index < -0.39 is 12.0 Å². The zero-order chi connectivity index (χ0) is 21.0. The normalized spacial score (nSPS) is 12.7. The first-order valence-corrected chi connectivity index (χ1v) is 9.66. The van der Waals surface area contributed by atoms with Crippen LogP contribution in [-0.2, 0) is 11.2 Å². The van der Waals surface area contributed by atoms with Crippen molar-refractivity contribution in [3.05, 3.63) is 63.6 Å². The van der Waals surface area contributed by atoms with Crippen LogP contribution in [0.4, 0.5) is 10.5 Å². The van der Waals surface area contributed by atoms with Gasteiger partial charge in [-0.25, -0.2) is 4.79 Å². The molecule has 0 atom stereocenters. The molecule has 0 spiro atoms. The number of carbonyl (C=O) groups is 4. The molecule has 1 aliphatic heterocycles. The quantitative estimate of drug-likeness (QED) is 0.434. The van der Waals surface area contributed by atoms with Crippen molar-refractivity contribution in [2.24, 2.45) is 0 Å². The van der Waals surface area contributed by atoms with E-state index in [2.05, 4.69) is 26.6 Å². The van der Waals surface area contributed by atoms with Crippen molar-refractivity contribution in [2.75, 3.05) is 18.4 Å². The molecule has 29 heavy (non-hydrogen) atoms. The van der Waals surface area contributed by atoms with Gasteiger partial charge in [0.2, 0.25) is 0 Å². The maximum absolute atomic E-state index is 12.4. The van der Waals surface area contributed by atoms with E-state index in [1.54, 1.807) is 42.5 Å². The lowest BCUT2D eigenvalue weighted by molar-refractivity contribution is -0.136. The van der Waals surface area contributed by atoms with Gasteiger partial charge in [0.25, 0.3) is 11.8 Å². The molecule has 0 aliphatic carbocycles. The third kappa shape index (κ3) is 5.00. The molecule has 0 unspecified atom stereocenters. The van der Waals surface area contributed by atoms with Gasteiger partial charge in [-0.1, -0.05) is 28.1 Å². The van der Waals surface area contributed by atoms with Crippen LogP contribution in [0.5, 0.6) is 0 Å². The Bertz CT molecular complexity index is 975. The molecule has 0 aromatic heterocycles. The van der Waals surface area contributed by atoms with E-state index in [4.69, 9.17) is 5.11 Å². The molecule has 0 fully saturated rings. The highest BCUT2D eigenvalue weighted by Gasteiger charge is 2.34. The monoisotopic (exact) mass is 459 g/mol. The summed E-state index contributed by atoms with van der Waals surface area (Å²) in [5.41, 5.74) is 1.93. The number of carbonyl (C=O) groups excluding carboxylic acids is 3. The van der Waals surface area contributed by atoms with Crippen molar-refractivity contribution >= 4 is 45.4 Å². The van der Waals surface area contributed by atoms with Crippen LogP contribution in [0.15, 0.2) is 46.9 Å². The molecule has 0 radical (unpaired) electrons. The van der Waals surface area contributed by atoms with Gasteiger partial charge >= 0.3 is 12.0 Å². The molecule has 1 heterocycles. The smallest absolute Gasteiger partial charge is 0.319 e. The lowest BCUT2D eigenvalue weighted by atomic mass is 10.1. The van der Waals surface area contributed by atoms with Gasteiger partial charge in [0.15, 0.2) is 0 Å². The molecule has 4 amide bonds. The number of rotatable bonds is 7. The molecule has 3 N–H and O–H groups in total. The Labute approximate surface area is 175 Å². The minimum Gasteiger partial charge on any atom is -0.481 e. The Morgan fingerprint density at radius 3 is 2.38 bits per heavy atom. The number of hydrogen-bond donors (Lipinski definition) is 3. The van der Waals surface area contributed by atoms with Crippen molar-refractivity contribution in [2.45, 2.75) is 12.8 Å². The molecule has 0 bridgehead atoms. The number of imide groups is 1. The Balaban J connectivity index is 1.44. The highest BCUT2D eigenvalue weighted by molar-refractivity contribution is 9.10. The van der Waals surface area contributed by atoms with Gasteiger partial charge in [-0.2, -0.15) is 0 Å². The van der Waals surface area contributed by atoms with Crippen LogP contribution in [0.2, 0.25) is 0 Å². The van der Waals surface area contributed by atoms with Crippen LogP contribution in [0.1, 0.15) is 32.7 Å². The largest absolute Gasteiger partial charge is 0.481 e. The van der Waals surface area contributed by atoms with Crippen LogP contribution in [-0.4, -0.2) is 46.9 Å². The Morgan fingerprint density at radius 2 is 1.69 bits per heavy atom. The summed E-state index contributed by atoms with van der Waals surface area (Å²) in [5.74, 6) is -1.59. The summed E-state index contributed by atoms with van der Waals surface area (Å²) >= 11 is 3.29. The van der Waals surface area contributed by atoms with E-state index in [0.717, 1.165) is 4.47 Å². The molecule has 0 saturated carbocycles. The van der Waals surface area contributed by atoms with Crippen LogP contribution in [0, 0.1) is 0 Å². The highest BCUT2D eigenvalue weighted by atomic mass is 79.9. The van der Waals surface area contributed by atoms with Gasteiger partial charge in [0.1, 0.15) is 0 Å². The van der Waals surface area contributed by atoms with E-state index in [1.165, 1.54) is 4.90 Å². The molecule has 2 aromatic rings. The van der Waals surface area contributed by atoms with Crippen LogP contribution >= 0.6 is 15.9 Å². The lowest BCUT2D eigenvalue weighted by Gasteiger charge is -2.14. The fraction of sp³-hybridized carbons (Fsp3) is 0.200. The molecule has 8 nitrogen and oxygen atoms in total. The summed E-state index contributed by atoms with van der Waals surface area (Å²) in [4.78, 5) is 48.5. The standard InChI is InChI=1S/C20H18BrN3O5/c21-13-4-7-15-16(11-13)19(28)24(18(15)27)9-1-8-22-20(29)23-14-5-2-12(3-6-14)10-17(25)26/h2-7,11H,1,8-10H2,(H,25,26)(H2,22,23,29). The van der Waals surface area contributed by atoms with Gasteiger partial charge in [-0.15, -0.1) is 0 Å². The maximum Gasteiger partial charge on any atom is 0.319 e. The molecule has 1 aliphatic rings. The number of amides is 4. The third-order valence-electron chi connectivity index (χ3n) is 4.34. The van der Waals surface area contributed by atoms with E-state index in [-0.39, 0.29) is 31.3 Å². The number of fused-ring (bicyclic) bond motifs is 1. The topological polar surface area (TPSA) is 116 Å². The Kier molecular flexibility index (Phi) is 6.28. The predicted octanol–water partition coefficient (Wildman–Crippen LogP) is 2.88. The van der Waals surface area contributed by atoms with E-state index in [9.17, 15) is 19.2 Å². The fourth-order valence-electron chi connectivity index (χ4n) is 2.96. The van der Waals surface area contributed by atoms with Crippen molar-refractivity contribution < 1.29 is 24.3 Å². The number of nitrogens with zero attached hydrogens (tertiary/aromatic N) is 1. The summed E-state index contributed by atoms with van der Waals surface area (Å²) in [6.07, 6.45) is 0.332. The molecule has 0 saturated heterocycles.